The van der Waals surface area contributed by atoms with Crippen molar-refractivity contribution in [3.63, 3.8) is 0 Å². The van der Waals surface area contributed by atoms with E-state index in [9.17, 15) is 4.79 Å². The number of rotatable bonds is 5. The normalized spacial score (nSPS) is 22.1. The van der Waals surface area contributed by atoms with Crippen LogP contribution in [0.4, 0.5) is 0 Å². The molecular formula is C22H35NOSi2. The summed E-state index contributed by atoms with van der Waals surface area (Å²) in [6.45, 7) is 19.2. The average Bonchev–Trinajstić information content (AvgIpc) is 2.70. The van der Waals surface area contributed by atoms with Gasteiger partial charge in [0.25, 0.3) is 5.91 Å². The summed E-state index contributed by atoms with van der Waals surface area (Å²) >= 11 is 0. The lowest BCUT2D eigenvalue weighted by Gasteiger charge is -2.29. The highest BCUT2D eigenvalue weighted by atomic mass is 28.3. The molecule has 0 N–H and O–H groups in total. The van der Waals surface area contributed by atoms with E-state index in [1.807, 2.05) is 6.07 Å². The number of benzene rings is 1. The van der Waals surface area contributed by atoms with Gasteiger partial charge in [-0.15, -0.1) is 0 Å². The number of hydrogen-bond donors (Lipinski definition) is 0. The van der Waals surface area contributed by atoms with E-state index in [1.54, 1.807) is 0 Å². The Hall–Kier alpha value is -1.40. The molecule has 1 aliphatic heterocycles. The van der Waals surface area contributed by atoms with E-state index in [0.717, 1.165) is 5.57 Å². The summed E-state index contributed by atoms with van der Waals surface area (Å²) in [5.74, 6) is 0.622. The van der Waals surface area contributed by atoms with Crippen LogP contribution >= 0.6 is 0 Å². The van der Waals surface area contributed by atoms with Crippen LogP contribution in [0.3, 0.4) is 0 Å². The van der Waals surface area contributed by atoms with Crippen molar-refractivity contribution in [2.75, 3.05) is 0 Å². The lowest BCUT2D eigenvalue weighted by Crippen LogP contribution is -2.37. The summed E-state index contributed by atoms with van der Waals surface area (Å²) in [6.07, 6.45) is 0. The maximum Gasteiger partial charge on any atom is 0.254 e. The van der Waals surface area contributed by atoms with Crippen LogP contribution in [0, 0.1) is 5.92 Å². The minimum Gasteiger partial charge on any atom is -0.327 e. The van der Waals surface area contributed by atoms with Crippen LogP contribution in [-0.2, 0) is 11.3 Å². The van der Waals surface area contributed by atoms with Gasteiger partial charge in [-0.05, 0) is 17.1 Å². The second kappa shape index (κ2) is 7.69. The van der Waals surface area contributed by atoms with Crippen molar-refractivity contribution in [1.82, 2.24) is 4.90 Å². The molecule has 1 atom stereocenters. The number of carbonyl (C=O) groups excluding carboxylic acids is 1. The Bertz CT molecular complexity index is 706. The minimum absolute atomic E-state index is 0.178. The van der Waals surface area contributed by atoms with Crippen molar-refractivity contribution in [1.29, 1.82) is 0 Å². The van der Waals surface area contributed by atoms with Gasteiger partial charge in [0.2, 0.25) is 0 Å². The molecule has 1 aromatic carbocycles. The Morgan fingerprint density at radius 1 is 0.962 bits per heavy atom. The van der Waals surface area contributed by atoms with E-state index < -0.39 is 16.1 Å². The second-order valence-electron chi connectivity index (χ2n) is 10.00. The first kappa shape index (κ1) is 20.9. The molecule has 1 heterocycles. The topological polar surface area (TPSA) is 20.3 Å². The van der Waals surface area contributed by atoms with Crippen LogP contribution in [0.25, 0.3) is 0 Å². The van der Waals surface area contributed by atoms with Crippen molar-refractivity contribution in [2.45, 2.75) is 65.7 Å². The van der Waals surface area contributed by atoms with Crippen molar-refractivity contribution in [3.8, 4) is 0 Å². The zero-order chi connectivity index (χ0) is 19.7. The zero-order valence-corrected chi connectivity index (χ0v) is 19.8. The summed E-state index contributed by atoms with van der Waals surface area (Å²) in [7, 11) is -2.95. The molecule has 0 bridgehead atoms. The number of amides is 1. The van der Waals surface area contributed by atoms with Gasteiger partial charge in [-0.2, -0.15) is 0 Å². The Kier molecular flexibility index (Phi) is 6.18. The second-order valence-corrected chi connectivity index (χ2v) is 20.0. The van der Waals surface area contributed by atoms with Crippen LogP contribution in [0.15, 0.2) is 52.9 Å². The fourth-order valence-corrected chi connectivity index (χ4v) is 6.02. The molecule has 1 saturated heterocycles. The van der Waals surface area contributed by atoms with Crippen LogP contribution in [0.5, 0.6) is 0 Å². The third-order valence-corrected chi connectivity index (χ3v) is 6.78. The van der Waals surface area contributed by atoms with Gasteiger partial charge in [-0.25, -0.2) is 0 Å². The number of hydrogen-bond acceptors (Lipinski definition) is 1. The van der Waals surface area contributed by atoms with E-state index in [4.69, 9.17) is 0 Å². The fraction of sp³-hybridized carbons (Fsp3) is 0.500. The molecule has 0 radical (unpaired) electrons. The first-order valence-corrected chi connectivity index (χ1v) is 16.9. The molecule has 1 fully saturated rings. The molecule has 0 spiro atoms. The molecule has 4 heteroatoms. The highest BCUT2D eigenvalue weighted by Gasteiger charge is 2.42. The summed E-state index contributed by atoms with van der Waals surface area (Å²) in [5.41, 5.74) is 8.27. The molecule has 1 aromatic rings. The summed E-state index contributed by atoms with van der Waals surface area (Å²) in [5, 5.41) is 0. The first-order valence-electron chi connectivity index (χ1n) is 9.70. The lowest BCUT2D eigenvalue weighted by molar-refractivity contribution is -0.127. The van der Waals surface area contributed by atoms with Gasteiger partial charge in [-0.3, -0.25) is 4.79 Å². The SMILES string of the molecule is CC(C)C1C(=C\[Si](C)(C)C)/C(=C/[Si](C)(C)C)C(=O)N1Cc1ccccc1. The number of likely N-dealkylation sites (tertiary alicyclic amines) is 1. The molecule has 0 aromatic heterocycles. The maximum absolute atomic E-state index is 13.5. The monoisotopic (exact) mass is 385 g/mol. The Morgan fingerprint density at radius 3 is 1.96 bits per heavy atom. The zero-order valence-electron chi connectivity index (χ0n) is 17.8. The Morgan fingerprint density at radius 2 is 1.50 bits per heavy atom. The van der Waals surface area contributed by atoms with Gasteiger partial charge in [0, 0.05) is 12.1 Å². The molecule has 2 nitrogen and oxygen atoms in total. The molecule has 2 rings (SSSR count). The third kappa shape index (κ3) is 5.30. The van der Waals surface area contributed by atoms with Gasteiger partial charge >= 0.3 is 0 Å². The Balaban J connectivity index is 2.57. The molecule has 26 heavy (non-hydrogen) atoms. The van der Waals surface area contributed by atoms with Crippen LogP contribution in [0.2, 0.25) is 39.3 Å². The van der Waals surface area contributed by atoms with E-state index in [1.165, 1.54) is 11.1 Å². The predicted octanol–water partition coefficient (Wildman–Crippen LogP) is 5.66. The lowest BCUT2D eigenvalue weighted by atomic mass is 9.96. The molecule has 1 unspecified atom stereocenters. The highest BCUT2D eigenvalue weighted by molar-refractivity contribution is 6.82. The molecule has 0 saturated carbocycles. The molecule has 1 amide bonds. The molecular weight excluding hydrogens is 350 g/mol. The van der Waals surface area contributed by atoms with E-state index >= 15 is 0 Å². The van der Waals surface area contributed by atoms with E-state index in [2.05, 4.69) is 93.7 Å². The van der Waals surface area contributed by atoms with Crippen LogP contribution in [0.1, 0.15) is 19.4 Å². The summed E-state index contributed by atoms with van der Waals surface area (Å²) in [6, 6.07) is 10.6. The maximum atomic E-state index is 13.5. The van der Waals surface area contributed by atoms with Crippen molar-refractivity contribution < 1.29 is 4.79 Å². The van der Waals surface area contributed by atoms with E-state index in [0.29, 0.717) is 12.5 Å². The largest absolute Gasteiger partial charge is 0.327 e. The quantitative estimate of drug-likeness (QED) is 0.473. The molecule has 142 valence electrons. The van der Waals surface area contributed by atoms with Gasteiger partial charge in [-0.1, -0.05) is 94.9 Å². The van der Waals surface area contributed by atoms with Gasteiger partial charge in [0.1, 0.15) is 0 Å². The van der Waals surface area contributed by atoms with Crippen molar-refractivity contribution in [2.24, 2.45) is 5.92 Å². The number of carbonyl (C=O) groups is 1. The van der Waals surface area contributed by atoms with Gasteiger partial charge < -0.3 is 4.90 Å². The van der Waals surface area contributed by atoms with Crippen LogP contribution < -0.4 is 0 Å². The van der Waals surface area contributed by atoms with Crippen LogP contribution in [-0.4, -0.2) is 33.0 Å². The summed E-state index contributed by atoms with van der Waals surface area (Å²) in [4.78, 5) is 15.6. The third-order valence-electron chi connectivity index (χ3n) is 4.45. The minimum atomic E-state index is -1.50. The smallest absolute Gasteiger partial charge is 0.254 e. The average molecular weight is 386 g/mol. The highest BCUT2D eigenvalue weighted by Crippen LogP contribution is 2.37. The van der Waals surface area contributed by atoms with Crippen molar-refractivity contribution in [3.05, 3.63) is 58.4 Å². The predicted molar refractivity (Wildman–Crippen MR) is 118 cm³/mol. The Labute approximate surface area is 162 Å². The van der Waals surface area contributed by atoms with Gasteiger partial charge in [0.05, 0.1) is 22.2 Å². The van der Waals surface area contributed by atoms with E-state index in [-0.39, 0.29) is 11.9 Å². The first-order chi connectivity index (χ1) is 11.9. The molecule has 0 aliphatic carbocycles. The fourth-order valence-electron chi connectivity index (χ4n) is 3.61. The summed E-state index contributed by atoms with van der Waals surface area (Å²) < 4.78 is 0. The number of nitrogens with zero attached hydrogens (tertiary/aromatic N) is 1. The molecule has 1 aliphatic rings. The van der Waals surface area contributed by atoms with Gasteiger partial charge in [0.15, 0.2) is 0 Å². The standard InChI is InChI=1S/C22H35NOSi2/c1-17(2)21-19(15-25(3,4)5)20(16-26(6,7)8)22(24)23(21)14-18-12-10-9-11-13-18/h9-13,15-17,21H,14H2,1-8H3/b19-15-,20-16-. The van der Waals surface area contributed by atoms with Crippen molar-refractivity contribution >= 4 is 22.1 Å².